The number of nitrogens with zero attached hydrogens (tertiary/aromatic N) is 2. The van der Waals surface area contributed by atoms with E-state index < -0.39 is 0 Å². The summed E-state index contributed by atoms with van der Waals surface area (Å²) in [7, 11) is 0. The first-order chi connectivity index (χ1) is 9.75. The van der Waals surface area contributed by atoms with E-state index in [2.05, 4.69) is 9.97 Å². The SMILES string of the molecule is O=[N+]([O-])C[C@H](c1cccnc1)c1c[nH]c2ccccc12. The number of fused-ring (bicyclic) bond motifs is 1. The maximum Gasteiger partial charge on any atom is 0.214 e. The van der Waals surface area contributed by atoms with Crippen molar-refractivity contribution in [2.75, 3.05) is 6.54 Å². The Morgan fingerprint density at radius 2 is 2.10 bits per heavy atom. The van der Waals surface area contributed by atoms with Gasteiger partial charge in [-0.15, -0.1) is 0 Å². The number of rotatable bonds is 4. The summed E-state index contributed by atoms with van der Waals surface area (Å²) in [5.41, 5.74) is 2.78. The lowest BCUT2D eigenvalue weighted by atomic mass is 9.92. The number of para-hydroxylation sites is 1. The van der Waals surface area contributed by atoms with Crippen molar-refractivity contribution in [2.45, 2.75) is 5.92 Å². The van der Waals surface area contributed by atoms with Gasteiger partial charge in [0.25, 0.3) is 0 Å². The summed E-state index contributed by atoms with van der Waals surface area (Å²) in [6.45, 7) is -0.145. The van der Waals surface area contributed by atoms with E-state index in [0.717, 1.165) is 22.0 Å². The molecule has 0 aliphatic carbocycles. The number of pyridine rings is 1. The average molecular weight is 267 g/mol. The van der Waals surface area contributed by atoms with E-state index in [4.69, 9.17) is 0 Å². The van der Waals surface area contributed by atoms with Gasteiger partial charge in [-0.3, -0.25) is 15.1 Å². The Kier molecular flexibility index (Phi) is 3.16. The van der Waals surface area contributed by atoms with Gasteiger partial charge in [0.15, 0.2) is 0 Å². The Balaban J connectivity index is 2.12. The first kappa shape index (κ1) is 12.3. The summed E-state index contributed by atoms with van der Waals surface area (Å²) in [4.78, 5) is 17.9. The normalized spacial score (nSPS) is 12.4. The van der Waals surface area contributed by atoms with Crippen LogP contribution in [0, 0.1) is 10.1 Å². The second-order valence-corrected chi connectivity index (χ2v) is 4.64. The van der Waals surface area contributed by atoms with E-state index in [1.54, 1.807) is 18.5 Å². The molecule has 5 nitrogen and oxygen atoms in total. The van der Waals surface area contributed by atoms with Crippen LogP contribution in [0.4, 0.5) is 0 Å². The molecular weight excluding hydrogens is 254 g/mol. The van der Waals surface area contributed by atoms with E-state index in [1.165, 1.54) is 0 Å². The lowest BCUT2D eigenvalue weighted by Crippen LogP contribution is -2.13. The van der Waals surface area contributed by atoms with Crippen molar-refractivity contribution in [3.05, 3.63) is 76.2 Å². The molecule has 3 rings (SSSR count). The molecule has 0 aliphatic rings. The predicted molar refractivity (Wildman–Crippen MR) is 76.2 cm³/mol. The van der Waals surface area contributed by atoms with Crippen molar-refractivity contribution in [1.29, 1.82) is 0 Å². The third kappa shape index (κ3) is 2.25. The lowest BCUT2D eigenvalue weighted by molar-refractivity contribution is -0.481. The first-order valence-corrected chi connectivity index (χ1v) is 6.33. The van der Waals surface area contributed by atoms with Crippen molar-refractivity contribution in [1.82, 2.24) is 9.97 Å². The zero-order valence-corrected chi connectivity index (χ0v) is 10.7. The molecule has 5 heteroatoms. The van der Waals surface area contributed by atoms with Gasteiger partial charge in [0.05, 0.1) is 5.92 Å². The zero-order chi connectivity index (χ0) is 13.9. The molecule has 0 amide bonds. The Morgan fingerprint density at radius 3 is 2.85 bits per heavy atom. The van der Waals surface area contributed by atoms with Gasteiger partial charge in [0.1, 0.15) is 0 Å². The second-order valence-electron chi connectivity index (χ2n) is 4.64. The molecule has 3 aromatic rings. The number of benzene rings is 1. The van der Waals surface area contributed by atoms with Crippen LogP contribution in [-0.2, 0) is 0 Å². The minimum atomic E-state index is -0.296. The third-order valence-corrected chi connectivity index (χ3v) is 3.42. The van der Waals surface area contributed by atoms with E-state index in [0.29, 0.717) is 0 Å². The number of hydrogen-bond donors (Lipinski definition) is 1. The van der Waals surface area contributed by atoms with Crippen LogP contribution in [0.25, 0.3) is 10.9 Å². The summed E-state index contributed by atoms with van der Waals surface area (Å²) < 4.78 is 0. The molecule has 1 atom stereocenters. The van der Waals surface area contributed by atoms with Crippen LogP contribution in [0.5, 0.6) is 0 Å². The van der Waals surface area contributed by atoms with Gasteiger partial charge in [-0.05, 0) is 23.3 Å². The number of hydrogen-bond acceptors (Lipinski definition) is 3. The van der Waals surface area contributed by atoms with E-state index in [9.17, 15) is 10.1 Å². The molecule has 0 bridgehead atoms. The van der Waals surface area contributed by atoms with Crippen molar-refractivity contribution < 1.29 is 4.92 Å². The molecule has 2 heterocycles. The van der Waals surface area contributed by atoms with Crippen LogP contribution in [0.1, 0.15) is 17.0 Å². The highest BCUT2D eigenvalue weighted by molar-refractivity contribution is 5.84. The molecule has 0 saturated heterocycles. The standard InChI is InChI=1S/C15H13N3O2/c19-18(20)10-14(11-4-3-7-16-8-11)13-9-17-15-6-2-1-5-12(13)15/h1-9,14,17H,10H2/t14-/m1/s1. The maximum absolute atomic E-state index is 11.0. The molecule has 0 saturated carbocycles. The fraction of sp³-hybridized carbons (Fsp3) is 0.133. The molecule has 1 aromatic carbocycles. The average Bonchev–Trinajstić information content (AvgIpc) is 2.89. The molecule has 0 unspecified atom stereocenters. The minimum absolute atomic E-state index is 0.145. The lowest BCUT2D eigenvalue weighted by Gasteiger charge is -2.12. The molecular formula is C15H13N3O2. The number of H-pyrrole nitrogens is 1. The first-order valence-electron chi connectivity index (χ1n) is 6.33. The number of aromatic nitrogens is 2. The fourth-order valence-electron chi connectivity index (χ4n) is 2.50. The van der Waals surface area contributed by atoms with Gasteiger partial charge in [0, 0.05) is 34.4 Å². The summed E-state index contributed by atoms with van der Waals surface area (Å²) >= 11 is 0. The monoisotopic (exact) mass is 267 g/mol. The van der Waals surface area contributed by atoms with E-state index in [-0.39, 0.29) is 17.4 Å². The molecule has 1 N–H and O–H groups in total. The van der Waals surface area contributed by atoms with E-state index >= 15 is 0 Å². The Labute approximate surface area is 115 Å². The van der Waals surface area contributed by atoms with Crippen LogP contribution in [0.15, 0.2) is 55.0 Å². The molecule has 2 aromatic heterocycles. The van der Waals surface area contributed by atoms with Crippen LogP contribution < -0.4 is 0 Å². The van der Waals surface area contributed by atoms with Crippen LogP contribution in [0.2, 0.25) is 0 Å². The quantitative estimate of drug-likeness (QED) is 0.583. The topological polar surface area (TPSA) is 71.8 Å². The molecule has 20 heavy (non-hydrogen) atoms. The van der Waals surface area contributed by atoms with Gasteiger partial charge in [-0.2, -0.15) is 0 Å². The minimum Gasteiger partial charge on any atom is -0.361 e. The fourth-order valence-corrected chi connectivity index (χ4v) is 2.50. The van der Waals surface area contributed by atoms with Gasteiger partial charge in [-0.25, -0.2) is 0 Å². The summed E-state index contributed by atoms with van der Waals surface area (Å²) in [6, 6.07) is 11.5. The Hall–Kier alpha value is -2.69. The largest absolute Gasteiger partial charge is 0.361 e. The van der Waals surface area contributed by atoms with Gasteiger partial charge in [0.2, 0.25) is 6.54 Å². The van der Waals surface area contributed by atoms with Gasteiger partial charge < -0.3 is 4.98 Å². The third-order valence-electron chi connectivity index (χ3n) is 3.42. The number of nitro groups is 1. The number of aromatic amines is 1. The molecule has 0 radical (unpaired) electrons. The van der Waals surface area contributed by atoms with Crippen LogP contribution in [0.3, 0.4) is 0 Å². The highest BCUT2D eigenvalue weighted by Crippen LogP contribution is 2.30. The smallest absolute Gasteiger partial charge is 0.214 e. The highest BCUT2D eigenvalue weighted by atomic mass is 16.6. The summed E-state index contributed by atoms with van der Waals surface area (Å²) in [5, 5.41) is 12.0. The Bertz CT molecular complexity index is 737. The molecule has 100 valence electrons. The zero-order valence-electron chi connectivity index (χ0n) is 10.7. The molecule has 0 spiro atoms. The van der Waals surface area contributed by atoms with Crippen LogP contribution >= 0.6 is 0 Å². The van der Waals surface area contributed by atoms with Crippen LogP contribution in [-0.4, -0.2) is 21.4 Å². The summed E-state index contributed by atoms with van der Waals surface area (Å²) in [6.07, 6.45) is 5.21. The number of nitrogens with one attached hydrogen (secondary N) is 1. The molecule has 0 aliphatic heterocycles. The highest BCUT2D eigenvalue weighted by Gasteiger charge is 2.23. The van der Waals surface area contributed by atoms with Crippen molar-refractivity contribution in [2.24, 2.45) is 0 Å². The maximum atomic E-state index is 11.0. The van der Waals surface area contributed by atoms with Gasteiger partial charge in [-0.1, -0.05) is 24.3 Å². The molecule has 0 fully saturated rings. The van der Waals surface area contributed by atoms with Gasteiger partial charge >= 0.3 is 0 Å². The van der Waals surface area contributed by atoms with E-state index in [1.807, 2.05) is 36.5 Å². The summed E-state index contributed by atoms with van der Waals surface area (Å²) in [5.74, 6) is -0.296. The van der Waals surface area contributed by atoms with Crippen molar-refractivity contribution in [3.63, 3.8) is 0 Å². The second kappa shape index (κ2) is 5.13. The van der Waals surface area contributed by atoms with Crippen molar-refractivity contribution >= 4 is 10.9 Å². The Morgan fingerprint density at radius 1 is 1.25 bits per heavy atom. The predicted octanol–water partition coefficient (Wildman–Crippen LogP) is 2.97. The van der Waals surface area contributed by atoms with Crippen molar-refractivity contribution in [3.8, 4) is 0 Å².